The molecule has 0 saturated carbocycles. The molecule has 1 saturated heterocycles. The molecule has 9 nitrogen and oxygen atoms in total. The highest BCUT2D eigenvalue weighted by Gasteiger charge is 2.37. The van der Waals surface area contributed by atoms with Crippen LogP contribution in [0.5, 0.6) is 5.75 Å². The van der Waals surface area contributed by atoms with Crippen molar-refractivity contribution in [1.82, 2.24) is 0 Å². The minimum atomic E-state index is -3.84. The molecule has 2 rings (SSSR count). The second-order valence-electron chi connectivity index (χ2n) is 4.53. The fourth-order valence-corrected chi connectivity index (χ4v) is 2.87. The Morgan fingerprint density at radius 1 is 1.48 bits per heavy atom. The second kappa shape index (κ2) is 5.30. The van der Waals surface area contributed by atoms with Crippen molar-refractivity contribution in [2.45, 2.75) is 11.7 Å². The molecule has 1 atom stereocenters. The molecule has 0 aliphatic carbocycles. The van der Waals surface area contributed by atoms with Gasteiger partial charge in [-0.05, 0) is 12.1 Å². The zero-order valence-electron chi connectivity index (χ0n) is 11.1. The molecular formula is C11H13N3O6S. The Bertz CT molecular complexity index is 702. The van der Waals surface area contributed by atoms with E-state index in [1.165, 1.54) is 30.2 Å². The van der Waals surface area contributed by atoms with Crippen LogP contribution in [0, 0.1) is 10.1 Å². The molecular weight excluding hydrogens is 302 g/mol. The van der Waals surface area contributed by atoms with Gasteiger partial charge in [-0.2, -0.15) is 0 Å². The lowest BCUT2D eigenvalue weighted by Crippen LogP contribution is -2.32. The number of anilines is 1. The number of nitro groups is 1. The van der Waals surface area contributed by atoms with Crippen molar-refractivity contribution in [2.75, 3.05) is 18.6 Å². The molecule has 114 valence electrons. The quantitative estimate of drug-likeness (QED) is 0.614. The maximum absolute atomic E-state index is 11.9. The van der Waals surface area contributed by atoms with E-state index in [1.807, 2.05) is 0 Å². The van der Waals surface area contributed by atoms with Gasteiger partial charge in [0.25, 0.3) is 0 Å². The molecule has 0 spiro atoms. The van der Waals surface area contributed by atoms with Crippen molar-refractivity contribution in [3.05, 3.63) is 28.3 Å². The van der Waals surface area contributed by atoms with Crippen LogP contribution in [0.15, 0.2) is 18.2 Å². The maximum atomic E-state index is 11.9. The Kier molecular flexibility index (Phi) is 3.83. The van der Waals surface area contributed by atoms with Gasteiger partial charge in [-0.3, -0.25) is 14.9 Å². The van der Waals surface area contributed by atoms with Crippen LogP contribution < -0.4 is 14.8 Å². The minimum Gasteiger partial charge on any atom is -0.490 e. The molecule has 21 heavy (non-hydrogen) atoms. The first-order chi connectivity index (χ1) is 9.74. The number of nitrogens with zero attached hydrogens (tertiary/aromatic N) is 2. The van der Waals surface area contributed by atoms with E-state index in [1.54, 1.807) is 0 Å². The van der Waals surface area contributed by atoms with E-state index in [9.17, 15) is 23.3 Å². The normalized spacial score (nSPS) is 18.9. The lowest BCUT2D eigenvalue weighted by molar-refractivity contribution is -0.385. The lowest BCUT2D eigenvalue weighted by Gasteiger charge is -2.16. The standard InChI is InChI=1S/C11H13N3O6S/c1-20-10-3-2-7(4-9(10)14(16)17)13-6-8(5-11(13)15)21(12,18)19/h2-4,8H,5-6H2,1H3,(H2,12,18,19). The first kappa shape index (κ1) is 15.2. The van der Waals surface area contributed by atoms with Gasteiger partial charge in [0.05, 0.1) is 17.7 Å². The fraction of sp³-hybridized carbons (Fsp3) is 0.364. The van der Waals surface area contributed by atoms with Crippen molar-refractivity contribution >= 4 is 27.3 Å². The molecule has 0 radical (unpaired) electrons. The molecule has 1 aromatic rings. The Labute approximate surface area is 120 Å². The minimum absolute atomic E-state index is 0.0541. The van der Waals surface area contributed by atoms with Gasteiger partial charge < -0.3 is 9.64 Å². The van der Waals surface area contributed by atoms with E-state index < -0.39 is 26.1 Å². The van der Waals surface area contributed by atoms with E-state index in [0.717, 1.165) is 0 Å². The predicted octanol–water partition coefficient (Wildman–Crippen LogP) is -0.00280. The van der Waals surface area contributed by atoms with Gasteiger partial charge in [0, 0.05) is 19.0 Å². The monoisotopic (exact) mass is 315 g/mol. The third-order valence-corrected chi connectivity index (χ3v) is 4.47. The molecule has 1 aromatic carbocycles. The van der Waals surface area contributed by atoms with Crippen molar-refractivity contribution in [3.8, 4) is 5.75 Å². The van der Waals surface area contributed by atoms with E-state index in [2.05, 4.69) is 0 Å². The third kappa shape index (κ3) is 2.95. The van der Waals surface area contributed by atoms with Gasteiger partial charge in [0.1, 0.15) is 5.25 Å². The number of rotatable bonds is 4. The zero-order chi connectivity index (χ0) is 15.8. The van der Waals surface area contributed by atoms with Crippen LogP contribution in [0.3, 0.4) is 0 Å². The summed E-state index contributed by atoms with van der Waals surface area (Å²) >= 11 is 0. The summed E-state index contributed by atoms with van der Waals surface area (Å²) in [6.45, 7) is -0.124. The van der Waals surface area contributed by atoms with Crippen molar-refractivity contribution < 1.29 is 22.9 Å². The van der Waals surface area contributed by atoms with Crippen LogP contribution in [-0.2, 0) is 14.8 Å². The summed E-state index contributed by atoms with van der Waals surface area (Å²) in [5, 5.41) is 15.0. The number of hydrogen-bond acceptors (Lipinski definition) is 6. The number of carbonyl (C=O) groups excluding carboxylic acids is 1. The summed E-state index contributed by atoms with van der Waals surface area (Å²) in [5.74, 6) is -0.396. The van der Waals surface area contributed by atoms with E-state index in [0.29, 0.717) is 0 Å². The number of nitrogens with two attached hydrogens (primary N) is 1. The zero-order valence-corrected chi connectivity index (χ0v) is 11.9. The number of benzene rings is 1. The van der Waals surface area contributed by atoms with Gasteiger partial charge in [0.2, 0.25) is 15.9 Å². The van der Waals surface area contributed by atoms with Crippen molar-refractivity contribution in [2.24, 2.45) is 5.14 Å². The Balaban J connectivity index is 2.37. The van der Waals surface area contributed by atoms with Crippen LogP contribution in [0.25, 0.3) is 0 Å². The SMILES string of the molecule is COc1ccc(N2CC(S(N)(=O)=O)CC2=O)cc1[N+](=O)[O-]. The number of amides is 1. The average molecular weight is 315 g/mol. The molecule has 1 heterocycles. The Morgan fingerprint density at radius 2 is 2.14 bits per heavy atom. The summed E-state index contributed by atoms with van der Waals surface area (Å²) in [4.78, 5) is 23.4. The molecule has 0 bridgehead atoms. The van der Waals surface area contributed by atoms with Gasteiger partial charge >= 0.3 is 5.69 Å². The number of ether oxygens (including phenoxy) is 1. The summed E-state index contributed by atoms with van der Waals surface area (Å²) in [6.07, 6.45) is -0.237. The molecule has 1 aliphatic rings. The largest absolute Gasteiger partial charge is 0.490 e. The highest BCUT2D eigenvalue weighted by molar-refractivity contribution is 7.89. The number of methoxy groups -OCH3 is 1. The number of primary sulfonamides is 1. The summed E-state index contributed by atoms with van der Waals surface area (Å²) in [7, 11) is -2.55. The van der Waals surface area contributed by atoms with Gasteiger partial charge in [-0.25, -0.2) is 13.6 Å². The molecule has 2 N–H and O–H groups in total. The molecule has 1 amide bonds. The van der Waals surface area contributed by atoms with Gasteiger partial charge in [0.15, 0.2) is 5.75 Å². The Morgan fingerprint density at radius 3 is 2.62 bits per heavy atom. The average Bonchev–Trinajstić information content (AvgIpc) is 2.80. The molecule has 1 aliphatic heterocycles. The van der Waals surface area contributed by atoms with Gasteiger partial charge in [-0.1, -0.05) is 0 Å². The van der Waals surface area contributed by atoms with E-state index in [-0.39, 0.29) is 30.1 Å². The third-order valence-electron chi connectivity index (χ3n) is 3.22. The first-order valence-corrected chi connectivity index (χ1v) is 7.49. The number of carbonyl (C=O) groups is 1. The number of sulfonamides is 1. The molecule has 1 unspecified atom stereocenters. The predicted molar refractivity (Wildman–Crippen MR) is 73.5 cm³/mol. The van der Waals surface area contributed by atoms with Crippen LogP contribution in [-0.4, -0.2) is 38.2 Å². The first-order valence-electron chi connectivity index (χ1n) is 5.88. The topological polar surface area (TPSA) is 133 Å². The van der Waals surface area contributed by atoms with Crippen LogP contribution in [0.1, 0.15) is 6.42 Å². The number of nitro benzene ring substituents is 1. The summed E-state index contributed by atoms with van der Waals surface area (Å²) in [6, 6.07) is 3.97. The Hall–Kier alpha value is -2.20. The summed E-state index contributed by atoms with van der Waals surface area (Å²) in [5.41, 5.74) is -0.0690. The highest BCUT2D eigenvalue weighted by atomic mass is 32.2. The molecule has 1 fully saturated rings. The second-order valence-corrected chi connectivity index (χ2v) is 6.38. The van der Waals surface area contributed by atoms with Crippen LogP contribution in [0.4, 0.5) is 11.4 Å². The van der Waals surface area contributed by atoms with Crippen molar-refractivity contribution in [1.29, 1.82) is 0 Å². The smallest absolute Gasteiger partial charge is 0.312 e. The van der Waals surface area contributed by atoms with E-state index >= 15 is 0 Å². The van der Waals surface area contributed by atoms with Crippen molar-refractivity contribution in [3.63, 3.8) is 0 Å². The van der Waals surface area contributed by atoms with Crippen LogP contribution in [0.2, 0.25) is 0 Å². The number of hydrogen-bond donors (Lipinski definition) is 1. The van der Waals surface area contributed by atoms with E-state index in [4.69, 9.17) is 9.88 Å². The lowest BCUT2D eigenvalue weighted by atomic mass is 10.2. The van der Waals surface area contributed by atoms with Gasteiger partial charge in [-0.15, -0.1) is 0 Å². The molecule has 0 aromatic heterocycles. The summed E-state index contributed by atoms with van der Waals surface area (Å²) < 4.78 is 27.5. The maximum Gasteiger partial charge on any atom is 0.312 e. The fourth-order valence-electron chi connectivity index (χ4n) is 2.13. The highest BCUT2D eigenvalue weighted by Crippen LogP contribution is 2.33. The van der Waals surface area contributed by atoms with Crippen LogP contribution >= 0.6 is 0 Å². The molecule has 10 heteroatoms.